The SMILES string of the molecule is CC(NC(=O)CN1C(=O)CN(C)C1=O)c1ncn[nH]1. The molecule has 0 spiro atoms. The molecule has 1 atom stereocenters. The van der Waals surface area contributed by atoms with E-state index in [4.69, 9.17) is 0 Å². The highest BCUT2D eigenvalue weighted by Gasteiger charge is 2.34. The smallest absolute Gasteiger partial charge is 0.327 e. The van der Waals surface area contributed by atoms with E-state index in [9.17, 15) is 14.4 Å². The van der Waals surface area contributed by atoms with Gasteiger partial charge < -0.3 is 10.2 Å². The number of urea groups is 1. The predicted octanol–water partition coefficient (Wildman–Crippen LogP) is -1.12. The van der Waals surface area contributed by atoms with Crippen LogP contribution in [0.25, 0.3) is 0 Å². The van der Waals surface area contributed by atoms with Crippen molar-refractivity contribution in [2.45, 2.75) is 13.0 Å². The van der Waals surface area contributed by atoms with E-state index in [0.717, 1.165) is 4.90 Å². The molecular weight excluding hydrogens is 252 g/mol. The highest BCUT2D eigenvalue weighted by molar-refractivity contribution is 6.04. The number of carbonyl (C=O) groups is 3. The molecule has 0 bridgehead atoms. The van der Waals surface area contributed by atoms with Crippen LogP contribution < -0.4 is 5.32 Å². The lowest BCUT2D eigenvalue weighted by Crippen LogP contribution is -2.41. The van der Waals surface area contributed by atoms with Crippen LogP contribution in [0.5, 0.6) is 0 Å². The van der Waals surface area contributed by atoms with Crippen molar-refractivity contribution < 1.29 is 14.4 Å². The Hall–Kier alpha value is -2.45. The van der Waals surface area contributed by atoms with Gasteiger partial charge in [-0.15, -0.1) is 0 Å². The first-order valence-electron chi connectivity index (χ1n) is 5.69. The fraction of sp³-hybridized carbons (Fsp3) is 0.500. The zero-order chi connectivity index (χ0) is 14.0. The molecule has 1 aromatic rings. The van der Waals surface area contributed by atoms with Crippen LogP contribution in [0.15, 0.2) is 6.33 Å². The van der Waals surface area contributed by atoms with Crippen LogP contribution in [0.3, 0.4) is 0 Å². The van der Waals surface area contributed by atoms with Gasteiger partial charge in [0.05, 0.1) is 6.04 Å². The molecule has 102 valence electrons. The average molecular weight is 266 g/mol. The summed E-state index contributed by atoms with van der Waals surface area (Å²) in [4.78, 5) is 40.9. The molecule has 2 rings (SSSR count). The van der Waals surface area contributed by atoms with Crippen LogP contribution in [0.4, 0.5) is 4.79 Å². The van der Waals surface area contributed by atoms with Gasteiger partial charge in [-0.1, -0.05) is 0 Å². The molecule has 1 aliphatic rings. The first kappa shape index (κ1) is 13.0. The van der Waals surface area contributed by atoms with Gasteiger partial charge >= 0.3 is 6.03 Å². The van der Waals surface area contributed by atoms with E-state index in [1.807, 2.05) is 0 Å². The number of hydrogen-bond donors (Lipinski definition) is 2. The van der Waals surface area contributed by atoms with Gasteiger partial charge in [0.2, 0.25) is 5.91 Å². The highest BCUT2D eigenvalue weighted by Crippen LogP contribution is 2.08. The van der Waals surface area contributed by atoms with E-state index in [2.05, 4.69) is 20.5 Å². The van der Waals surface area contributed by atoms with Gasteiger partial charge in [0.25, 0.3) is 5.91 Å². The minimum atomic E-state index is -0.465. The molecule has 2 N–H and O–H groups in total. The van der Waals surface area contributed by atoms with Crippen molar-refractivity contribution in [3.63, 3.8) is 0 Å². The Bertz CT molecular complexity index is 499. The number of nitrogens with zero attached hydrogens (tertiary/aromatic N) is 4. The third kappa shape index (κ3) is 2.69. The number of aromatic amines is 1. The lowest BCUT2D eigenvalue weighted by atomic mass is 10.3. The highest BCUT2D eigenvalue weighted by atomic mass is 16.2. The van der Waals surface area contributed by atoms with Crippen molar-refractivity contribution in [3.8, 4) is 0 Å². The number of aromatic nitrogens is 3. The lowest BCUT2D eigenvalue weighted by molar-refractivity contribution is -0.131. The van der Waals surface area contributed by atoms with Crippen LogP contribution in [0.1, 0.15) is 18.8 Å². The Kier molecular flexibility index (Phi) is 3.45. The van der Waals surface area contributed by atoms with Gasteiger partial charge in [-0.25, -0.2) is 9.78 Å². The van der Waals surface area contributed by atoms with Gasteiger partial charge in [-0.05, 0) is 6.92 Å². The molecule has 0 aromatic carbocycles. The Balaban J connectivity index is 1.91. The molecule has 2 heterocycles. The van der Waals surface area contributed by atoms with E-state index in [1.54, 1.807) is 6.92 Å². The largest absolute Gasteiger partial charge is 0.345 e. The Morgan fingerprint density at radius 1 is 1.58 bits per heavy atom. The van der Waals surface area contributed by atoms with Gasteiger partial charge in [-0.3, -0.25) is 19.6 Å². The van der Waals surface area contributed by atoms with Crippen LogP contribution in [0.2, 0.25) is 0 Å². The first-order valence-corrected chi connectivity index (χ1v) is 5.69. The number of carbonyl (C=O) groups excluding carboxylic acids is 3. The summed E-state index contributed by atoms with van der Waals surface area (Å²) in [5.74, 6) is -0.305. The van der Waals surface area contributed by atoms with Crippen molar-refractivity contribution in [2.24, 2.45) is 0 Å². The van der Waals surface area contributed by atoms with Crippen LogP contribution in [0, 0.1) is 0 Å². The molecular formula is C10H14N6O3. The summed E-state index contributed by atoms with van der Waals surface area (Å²) >= 11 is 0. The predicted molar refractivity (Wildman–Crippen MR) is 62.7 cm³/mol. The molecule has 0 saturated carbocycles. The van der Waals surface area contributed by atoms with Crippen LogP contribution in [-0.2, 0) is 9.59 Å². The van der Waals surface area contributed by atoms with E-state index >= 15 is 0 Å². The summed E-state index contributed by atoms with van der Waals surface area (Å²) in [6, 6.07) is -0.840. The van der Waals surface area contributed by atoms with Crippen LogP contribution >= 0.6 is 0 Å². The van der Waals surface area contributed by atoms with Crippen molar-refractivity contribution in [1.82, 2.24) is 30.3 Å². The Labute approximate surface area is 109 Å². The number of rotatable bonds is 4. The van der Waals surface area contributed by atoms with Gasteiger partial charge in [0.15, 0.2) is 0 Å². The second-order valence-electron chi connectivity index (χ2n) is 4.28. The fourth-order valence-electron chi connectivity index (χ4n) is 1.75. The number of H-pyrrole nitrogens is 1. The second kappa shape index (κ2) is 5.04. The monoisotopic (exact) mass is 266 g/mol. The molecule has 1 fully saturated rings. The molecule has 1 unspecified atom stereocenters. The maximum Gasteiger partial charge on any atom is 0.327 e. The quantitative estimate of drug-likeness (QED) is 0.670. The molecule has 9 nitrogen and oxygen atoms in total. The maximum absolute atomic E-state index is 11.8. The number of amides is 4. The van der Waals surface area contributed by atoms with E-state index < -0.39 is 11.9 Å². The third-order valence-electron chi connectivity index (χ3n) is 2.75. The molecule has 1 aliphatic heterocycles. The van der Waals surface area contributed by atoms with Crippen molar-refractivity contribution in [3.05, 3.63) is 12.2 Å². The summed E-state index contributed by atoms with van der Waals surface area (Å²) in [6.45, 7) is 1.43. The summed E-state index contributed by atoms with van der Waals surface area (Å²) in [7, 11) is 1.51. The summed E-state index contributed by atoms with van der Waals surface area (Å²) < 4.78 is 0. The topological polar surface area (TPSA) is 111 Å². The van der Waals surface area contributed by atoms with Gasteiger partial charge in [0, 0.05) is 7.05 Å². The molecule has 0 aliphatic carbocycles. The average Bonchev–Trinajstić information content (AvgIpc) is 2.94. The van der Waals surface area contributed by atoms with E-state index in [0.29, 0.717) is 5.82 Å². The third-order valence-corrected chi connectivity index (χ3v) is 2.75. The summed E-state index contributed by atoms with van der Waals surface area (Å²) in [6.07, 6.45) is 1.33. The molecule has 0 radical (unpaired) electrons. The van der Waals surface area contributed by atoms with Crippen LogP contribution in [-0.4, -0.2) is 63.0 Å². The van der Waals surface area contributed by atoms with E-state index in [-0.39, 0.29) is 25.0 Å². The molecule has 19 heavy (non-hydrogen) atoms. The number of imide groups is 1. The fourth-order valence-corrected chi connectivity index (χ4v) is 1.75. The molecule has 1 saturated heterocycles. The van der Waals surface area contributed by atoms with Gasteiger partial charge in [0.1, 0.15) is 25.2 Å². The molecule has 4 amide bonds. The Morgan fingerprint density at radius 2 is 2.32 bits per heavy atom. The minimum Gasteiger partial charge on any atom is -0.345 e. The Morgan fingerprint density at radius 3 is 2.84 bits per heavy atom. The zero-order valence-electron chi connectivity index (χ0n) is 10.6. The number of nitrogens with one attached hydrogen (secondary N) is 2. The second-order valence-corrected chi connectivity index (χ2v) is 4.28. The summed E-state index contributed by atoms with van der Waals surface area (Å²) in [5.41, 5.74) is 0. The molecule has 9 heteroatoms. The minimum absolute atomic E-state index is 0.00374. The standard InChI is InChI=1S/C10H14N6O3/c1-6(9-11-5-12-14-9)13-7(17)3-16-8(18)4-15(2)10(16)19/h5-6H,3-4H2,1-2H3,(H,13,17)(H,11,12,14). The van der Waals surface area contributed by atoms with Crippen molar-refractivity contribution in [2.75, 3.05) is 20.1 Å². The van der Waals surface area contributed by atoms with E-state index in [1.165, 1.54) is 18.3 Å². The molecule has 1 aromatic heterocycles. The normalized spacial score (nSPS) is 16.9. The number of likely N-dealkylation sites (N-methyl/N-ethyl adjacent to an activating group) is 1. The lowest BCUT2D eigenvalue weighted by Gasteiger charge is -2.16. The van der Waals surface area contributed by atoms with Gasteiger partial charge in [-0.2, -0.15) is 5.10 Å². The van der Waals surface area contributed by atoms with Crippen molar-refractivity contribution in [1.29, 1.82) is 0 Å². The summed E-state index contributed by atoms with van der Waals surface area (Å²) in [5, 5.41) is 8.93. The van der Waals surface area contributed by atoms with Crippen molar-refractivity contribution >= 4 is 17.8 Å². The first-order chi connectivity index (χ1) is 8.99. The maximum atomic E-state index is 11.8. The zero-order valence-corrected chi connectivity index (χ0v) is 10.6. The number of hydrogen-bond acceptors (Lipinski definition) is 5.